The summed E-state index contributed by atoms with van der Waals surface area (Å²) in [5.41, 5.74) is 2.74. The average Bonchev–Trinajstić information content (AvgIpc) is 2.75. The molecule has 140 valence electrons. The third kappa shape index (κ3) is 3.97. The molecular formula is C24H16BrN3S. The minimum absolute atomic E-state index is 0.754. The van der Waals surface area contributed by atoms with Gasteiger partial charge in [0, 0.05) is 15.1 Å². The molecule has 4 aromatic carbocycles. The molecule has 0 fully saturated rings. The summed E-state index contributed by atoms with van der Waals surface area (Å²) in [6, 6.07) is 30.8. The fourth-order valence-electron chi connectivity index (χ4n) is 3.15. The number of fused-ring (bicyclic) bond motifs is 2. The van der Waals surface area contributed by atoms with E-state index in [1.54, 1.807) is 11.8 Å². The van der Waals surface area contributed by atoms with E-state index in [0.717, 1.165) is 42.3 Å². The molecule has 3 nitrogen and oxygen atoms in total. The maximum Gasteiger partial charge on any atom is 0.164 e. The number of hydrogen-bond donors (Lipinski definition) is 1. The van der Waals surface area contributed by atoms with Gasteiger partial charge in [-0.05, 0) is 59.3 Å². The van der Waals surface area contributed by atoms with Gasteiger partial charge >= 0.3 is 0 Å². The SMILES string of the molecule is Brc1ccc(Nc2nc3cc4ccccc4cc3nc2Sc2ccccc2)cc1. The van der Waals surface area contributed by atoms with E-state index in [4.69, 9.17) is 9.97 Å². The monoisotopic (exact) mass is 457 g/mol. The Hall–Kier alpha value is -2.89. The van der Waals surface area contributed by atoms with Crippen molar-refractivity contribution in [3.63, 3.8) is 0 Å². The number of nitrogens with one attached hydrogen (secondary N) is 1. The number of anilines is 2. The van der Waals surface area contributed by atoms with Crippen LogP contribution in [0.4, 0.5) is 11.5 Å². The number of hydrogen-bond acceptors (Lipinski definition) is 4. The molecule has 0 radical (unpaired) electrons. The molecular weight excluding hydrogens is 442 g/mol. The first-order valence-electron chi connectivity index (χ1n) is 9.21. The highest BCUT2D eigenvalue weighted by Gasteiger charge is 2.12. The van der Waals surface area contributed by atoms with Crippen molar-refractivity contribution in [3.8, 4) is 0 Å². The molecule has 0 amide bonds. The van der Waals surface area contributed by atoms with Gasteiger partial charge in [0.15, 0.2) is 5.82 Å². The molecule has 0 aliphatic carbocycles. The molecule has 1 N–H and O–H groups in total. The molecule has 0 spiro atoms. The standard InChI is InChI=1S/C24H16BrN3S/c25-18-10-12-19(13-11-18)26-23-24(29-20-8-2-1-3-9-20)28-22-15-17-7-5-4-6-16(17)14-21(22)27-23/h1-15H,(H,26,27). The molecule has 0 unspecified atom stereocenters. The van der Waals surface area contributed by atoms with Gasteiger partial charge in [0.25, 0.3) is 0 Å². The van der Waals surface area contributed by atoms with E-state index in [9.17, 15) is 0 Å². The van der Waals surface area contributed by atoms with Gasteiger partial charge in [-0.3, -0.25) is 0 Å². The first-order valence-corrected chi connectivity index (χ1v) is 10.8. The Labute approximate surface area is 181 Å². The van der Waals surface area contributed by atoms with Crippen LogP contribution in [-0.2, 0) is 0 Å². The third-order valence-corrected chi connectivity index (χ3v) is 6.08. The van der Waals surface area contributed by atoms with Crippen molar-refractivity contribution in [1.82, 2.24) is 9.97 Å². The summed E-state index contributed by atoms with van der Waals surface area (Å²) in [6.45, 7) is 0. The van der Waals surface area contributed by atoms with E-state index in [1.807, 2.05) is 54.6 Å². The predicted molar refractivity (Wildman–Crippen MR) is 125 cm³/mol. The van der Waals surface area contributed by atoms with Crippen LogP contribution < -0.4 is 5.32 Å². The largest absolute Gasteiger partial charge is 0.338 e. The van der Waals surface area contributed by atoms with E-state index in [2.05, 4.69) is 57.6 Å². The van der Waals surface area contributed by atoms with Crippen molar-refractivity contribution in [2.45, 2.75) is 9.92 Å². The van der Waals surface area contributed by atoms with Gasteiger partial charge in [0.1, 0.15) is 5.03 Å². The predicted octanol–water partition coefficient (Wildman–Crippen LogP) is 7.44. The minimum Gasteiger partial charge on any atom is -0.338 e. The van der Waals surface area contributed by atoms with Crippen LogP contribution in [0.3, 0.4) is 0 Å². The molecule has 0 saturated heterocycles. The van der Waals surface area contributed by atoms with Crippen LogP contribution in [0, 0.1) is 0 Å². The van der Waals surface area contributed by atoms with Gasteiger partial charge in [-0.1, -0.05) is 70.2 Å². The highest BCUT2D eigenvalue weighted by Crippen LogP contribution is 2.34. The molecule has 0 saturated carbocycles. The van der Waals surface area contributed by atoms with Crippen LogP contribution >= 0.6 is 27.7 Å². The molecule has 0 bridgehead atoms. The van der Waals surface area contributed by atoms with E-state index >= 15 is 0 Å². The summed E-state index contributed by atoms with van der Waals surface area (Å²) >= 11 is 5.10. The van der Waals surface area contributed by atoms with Crippen molar-refractivity contribution in [1.29, 1.82) is 0 Å². The molecule has 0 atom stereocenters. The summed E-state index contributed by atoms with van der Waals surface area (Å²) in [5.74, 6) is 0.754. The Morgan fingerprint density at radius 2 is 1.31 bits per heavy atom. The van der Waals surface area contributed by atoms with E-state index in [0.29, 0.717) is 0 Å². The molecule has 1 heterocycles. The molecule has 5 rings (SSSR count). The third-order valence-electron chi connectivity index (χ3n) is 4.56. The minimum atomic E-state index is 0.754. The van der Waals surface area contributed by atoms with E-state index < -0.39 is 0 Å². The first kappa shape index (κ1) is 18.2. The van der Waals surface area contributed by atoms with Crippen LogP contribution in [0.2, 0.25) is 0 Å². The second-order valence-electron chi connectivity index (χ2n) is 6.61. The fraction of sp³-hybridized carbons (Fsp3) is 0. The second-order valence-corrected chi connectivity index (χ2v) is 8.59. The average molecular weight is 458 g/mol. The zero-order chi connectivity index (χ0) is 19.6. The van der Waals surface area contributed by atoms with Crippen molar-refractivity contribution in [2.24, 2.45) is 0 Å². The highest BCUT2D eigenvalue weighted by molar-refractivity contribution is 9.10. The topological polar surface area (TPSA) is 37.8 Å². The molecule has 5 aromatic rings. The lowest BCUT2D eigenvalue weighted by Crippen LogP contribution is -1.99. The highest BCUT2D eigenvalue weighted by atomic mass is 79.9. The van der Waals surface area contributed by atoms with Crippen molar-refractivity contribution in [2.75, 3.05) is 5.32 Å². The number of halogens is 1. The number of aromatic nitrogens is 2. The van der Waals surface area contributed by atoms with Crippen LogP contribution in [0.15, 0.2) is 105 Å². The van der Waals surface area contributed by atoms with Crippen LogP contribution in [-0.4, -0.2) is 9.97 Å². The summed E-state index contributed by atoms with van der Waals surface area (Å²) in [4.78, 5) is 11.0. The van der Waals surface area contributed by atoms with Crippen LogP contribution in [0.5, 0.6) is 0 Å². The zero-order valence-electron chi connectivity index (χ0n) is 15.3. The maximum atomic E-state index is 4.96. The van der Waals surface area contributed by atoms with Gasteiger partial charge in [0.05, 0.1) is 11.0 Å². The van der Waals surface area contributed by atoms with Crippen molar-refractivity contribution < 1.29 is 0 Å². The van der Waals surface area contributed by atoms with Crippen molar-refractivity contribution in [3.05, 3.63) is 95.5 Å². The molecule has 0 aliphatic rings. The fourth-order valence-corrected chi connectivity index (χ4v) is 4.27. The van der Waals surface area contributed by atoms with Gasteiger partial charge in [-0.25, -0.2) is 9.97 Å². The number of rotatable bonds is 4. The molecule has 1 aromatic heterocycles. The summed E-state index contributed by atoms with van der Waals surface area (Å²) < 4.78 is 1.04. The Balaban J connectivity index is 1.64. The number of nitrogens with zero attached hydrogens (tertiary/aromatic N) is 2. The van der Waals surface area contributed by atoms with E-state index in [1.165, 1.54) is 5.39 Å². The Morgan fingerprint density at radius 1 is 0.690 bits per heavy atom. The lowest BCUT2D eigenvalue weighted by molar-refractivity contribution is 1.12. The lowest BCUT2D eigenvalue weighted by atomic mass is 10.1. The van der Waals surface area contributed by atoms with Gasteiger partial charge in [0.2, 0.25) is 0 Å². The van der Waals surface area contributed by atoms with Crippen LogP contribution in [0.25, 0.3) is 21.8 Å². The zero-order valence-corrected chi connectivity index (χ0v) is 17.7. The maximum absolute atomic E-state index is 4.96. The summed E-state index contributed by atoms with van der Waals surface area (Å²) in [5, 5.41) is 6.62. The summed E-state index contributed by atoms with van der Waals surface area (Å²) in [6.07, 6.45) is 0. The molecule has 0 aliphatic heterocycles. The lowest BCUT2D eigenvalue weighted by Gasteiger charge is -2.12. The normalized spacial score (nSPS) is 11.1. The molecule has 29 heavy (non-hydrogen) atoms. The van der Waals surface area contributed by atoms with Gasteiger partial charge in [-0.15, -0.1) is 0 Å². The Kier molecular flexibility index (Phi) is 4.92. The quantitative estimate of drug-likeness (QED) is 0.284. The van der Waals surface area contributed by atoms with E-state index in [-0.39, 0.29) is 0 Å². The van der Waals surface area contributed by atoms with Crippen LogP contribution in [0.1, 0.15) is 0 Å². The van der Waals surface area contributed by atoms with Crippen molar-refractivity contribution >= 4 is 61.0 Å². The van der Waals surface area contributed by atoms with Gasteiger partial charge in [-0.2, -0.15) is 0 Å². The smallest absolute Gasteiger partial charge is 0.164 e. The van der Waals surface area contributed by atoms with Gasteiger partial charge < -0.3 is 5.32 Å². The number of benzene rings is 4. The Morgan fingerprint density at radius 3 is 2.00 bits per heavy atom. The first-order chi connectivity index (χ1) is 14.2. The summed E-state index contributed by atoms with van der Waals surface area (Å²) in [7, 11) is 0. The second kappa shape index (κ2) is 7.85. The Bertz CT molecular complexity index is 1300. The molecule has 5 heteroatoms.